The van der Waals surface area contributed by atoms with Gasteiger partial charge in [-0.1, -0.05) is 12.2 Å². The van der Waals surface area contributed by atoms with Gasteiger partial charge in [-0.25, -0.2) is 0 Å². The highest BCUT2D eigenvalue weighted by molar-refractivity contribution is 5.56. The number of nitrogens with zero attached hydrogens (tertiary/aromatic N) is 1. The Kier molecular flexibility index (Phi) is 4.32. The molecule has 0 bridgehead atoms. The van der Waals surface area contributed by atoms with Gasteiger partial charge in [0.15, 0.2) is 0 Å². The van der Waals surface area contributed by atoms with E-state index in [9.17, 15) is 10.1 Å². The summed E-state index contributed by atoms with van der Waals surface area (Å²) in [5.41, 5.74) is 0.673. The van der Waals surface area contributed by atoms with Crippen molar-refractivity contribution in [3.05, 3.63) is 40.5 Å². The predicted molar refractivity (Wildman–Crippen MR) is 63.0 cm³/mol. The number of ether oxygens (including phenoxy) is 1. The third kappa shape index (κ3) is 3.27. The summed E-state index contributed by atoms with van der Waals surface area (Å²) in [6.45, 7) is 2.29. The van der Waals surface area contributed by atoms with Crippen LogP contribution in [0.3, 0.4) is 0 Å². The smallest absolute Gasteiger partial charge is 0.275 e. The van der Waals surface area contributed by atoms with Gasteiger partial charge in [-0.15, -0.1) is 0 Å². The standard InChI is InChI=1S/C11H14N2O3/c1-3-4-5-16-11-7-9(12-2)6-10(8-11)13(14)15/h3-4,6-8,12H,5H2,1-2H3/b4-3+. The molecule has 0 aliphatic heterocycles. The molecule has 0 aromatic heterocycles. The van der Waals surface area contributed by atoms with Crippen molar-refractivity contribution in [1.82, 2.24) is 0 Å². The minimum absolute atomic E-state index is 0.0160. The lowest BCUT2D eigenvalue weighted by molar-refractivity contribution is -0.384. The Balaban J connectivity index is 2.90. The maximum atomic E-state index is 10.7. The fourth-order valence-electron chi connectivity index (χ4n) is 1.16. The Hall–Kier alpha value is -2.04. The molecule has 86 valence electrons. The minimum Gasteiger partial charge on any atom is -0.489 e. The van der Waals surface area contributed by atoms with Crippen molar-refractivity contribution in [2.75, 3.05) is 19.0 Å². The molecule has 0 heterocycles. The maximum Gasteiger partial charge on any atom is 0.275 e. The van der Waals surface area contributed by atoms with Crippen LogP contribution in [0.15, 0.2) is 30.4 Å². The van der Waals surface area contributed by atoms with Crippen molar-refractivity contribution in [2.45, 2.75) is 6.92 Å². The van der Waals surface area contributed by atoms with Crippen LogP contribution in [0.4, 0.5) is 11.4 Å². The molecule has 0 unspecified atom stereocenters. The van der Waals surface area contributed by atoms with E-state index in [-0.39, 0.29) is 5.69 Å². The number of hydrogen-bond acceptors (Lipinski definition) is 4. The zero-order valence-corrected chi connectivity index (χ0v) is 9.27. The van der Waals surface area contributed by atoms with Crippen molar-refractivity contribution in [3.63, 3.8) is 0 Å². The lowest BCUT2D eigenvalue weighted by Crippen LogP contribution is -1.97. The van der Waals surface area contributed by atoms with E-state index < -0.39 is 4.92 Å². The summed E-state index contributed by atoms with van der Waals surface area (Å²) in [7, 11) is 1.70. The number of hydrogen-bond donors (Lipinski definition) is 1. The van der Waals surface area contributed by atoms with Gasteiger partial charge in [-0.2, -0.15) is 0 Å². The summed E-state index contributed by atoms with van der Waals surface area (Å²) in [5.74, 6) is 0.483. The van der Waals surface area contributed by atoms with Gasteiger partial charge in [-0.3, -0.25) is 10.1 Å². The van der Waals surface area contributed by atoms with Crippen LogP contribution in [0.5, 0.6) is 5.75 Å². The van der Waals surface area contributed by atoms with E-state index in [4.69, 9.17) is 4.74 Å². The summed E-state index contributed by atoms with van der Waals surface area (Å²) in [6.07, 6.45) is 3.69. The molecule has 1 N–H and O–H groups in total. The van der Waals surface area contributed by atoms with E-state index in [1.165, 1.54) is 12.1 Å². The monoisotopic (exact) mass is 222 g/mol. The molecule has 0 fully saturated rings. The van der Waals surface area contributed by atoms with Crippen LogP contribution in [0.2, 0.25) is 0 Å². The van der Waals surface area contributed by atoms with Crippen LogP contribution in [-0.4, -0.2) is 18.6 Å². The van der Waals surface area contributed by atoms with Crippen LogP contribution in [0, 0.1) is 10.1 Å². The van der Waals surface area contributed by atoms with Crippen LogP contribution in [0.25, 0.3) is 0 Å². The topological polar surface area (TPSA) is 64.4 Å². The number of benzene rings is 1. The van der Waals surface area contributed by atoms with Crippen LogP contribution >= 0.6 is 0 Å². The fraction of sp³-hybridized carbons (Fsp3) is 0.273. The molecule has 0 spiro atoms. The van der Waals surface area contributed by atoms with E-state index in [0.29, 0.717) is 18.0 Å². The average molecular weight is 222 g/mol. The minimum atomic E-state index is -0.441. The number of non-ortho nitro benzene ring substituents is 1. The van der Waals surface area contributed by atoms with E-state index in [1.54, 1.807) is 13.1 Å². The number of nitro benzene ring substituents is 1. The molecular formula is C11H14N2O3. The molecule has 5 nitrogen and oxygen atoms in total. The Labute approximate surface area is 93.9 Å². The van der Waals surface area contributed by atoms with E-state index >= 15 is 0 Å². The van der Waals surface area contributed by atoms with Gasteiger partial charge in [0, 0.05) is 24.9 Å². The van der Waals surface area contributed by atoms with Gasteiger partial charge in [-0.05, 0) is 6.92 Å². The predicted octanol–water partition coefficient (Wildman–Crippen LogP) is 2.59. The van der Waals surface area contributed by atoms with E-state index in [1.807, 2.05) is 19.1 Å². The number of rotatable bonds is 5. The highest BCUT2D eigenvalue weighted by Gasteiger charge is 2.09. The normalized spacial score (nSPS) is 10.4. The number of allylic oxidation sites excluding steroid dienone is 1. The second-order valence-electron chi connectivity index (χ2n) is 3.10. The second-order valence-corrected chi connectivity index (χ2v) is 3.10. The molecule has 1 aromatic rings. The molecular weight excluding hydrogens is 208 g/mol. The fourth-order valence-corrected chi connectivity index (χ4v) is 1.16. The van der Waals surface area contributed by atoms with Gasteiger partial charge < -0.3 is 10.1 Å². The van der Waals surface area contributed by atoms with Crippen LogP contribution in [-0.2, 0) is 0 Å². The lowest BCUT2D eigenvalue weighted by Gasteiger charge is -2.06. The van der Waals surface area contributed by atoms with Crippen LogP contribution in [0.1, 0.15) is 6.92 Å². The van der Waals surface area contributed by atoms with E-state index in [2.05, 4.69) is 5.32 Å². The number of nitro groups is 1. The summed E-state index contributed by atoms with van der Waals surface area (Å²) in [4.78, 5) is 10.2. The van der Waals surface area contributed by atoms with Crippen molar-refractivity contribution in [3.8, 4) is 5.75 Å². The third-order valence-electron chi connectivity index (χ3n) is 1.97. The Morgan fingerprint density at radius 1 is 1.50 bits per heavy atom. The van der Waals surface area contributed by atoms with Crippen molar-refractivity contribution < 1.29 is 9.66 Å². The first-order chi connectivity index (χ1) is 7.67. The second kappa shape index (κ2) is 5.75. The molecule has 1 aromatic carbocycles. The summed E-state index contributed by atoms with van der Waals surface area (Å²) < 4.78 is 5.35. The Morgan fingerprint density at radius 3 is 2.81 bits per heavy atom. The van der Waals surface area contributed by atoms with Gasteiger partial charge in [0.2, 0.25) is 0 Å². The SMILES string of the molecule is C/C=C/COc1cc(NC)cc([N+](=O)[O-])c1. The molecule has 0 amide bonds. The van der Waals surface area contributed by atoms with Gasteiger partial charge >= 0.3 is 0 Å². The highest BCUT2D eigenvalue weighted by atomic mass is 16.6. The molecule has 16 heavy (non-hydrogen) atoms. The molecule has 0 aliphatic carbocycles. The molecule has 0 aliphatic rings. The number of anilines is 1. The van der Waals surface area contributed by atoms with Crippen LogP contribution < -0.4 is 10.1 Å². The highest BCUT2D eigenvalue weighted by Crippen LogP contribution is 2.25. The number of nitrogens with one attached hydrogen (secondary N) is 1. The third-order valence-corrected chi connectivity index (χ3v) is 1.97. The van der Waals surface area contributed by atoms with E-state index in [0.717, 1.165) is 0 Å². The molecule has 0 radical (unpaired) electrons. The molecule has 1 rings (SSSR count). The van der Waals surface area contributed by atoms with Crippen molar-refractivity contribution >= 4 is 11.4 Å². The lowest BCUT2D eigenvalue weighted by atomic mass is 10.2. The molecule has 0 saturated carbocycles. The van der Waals surface area contributed by atoms with Crippen molar-refractivity contribution in [1.29, 1.82) is 0 Å². The first-order valence-electron chi connectivity index (χ1n) is 4.88. The summed E-state index contributed by atoms with van der Waals surface area (Å²) in [6, 6.07) is 4.59. The zero-order chi connectivity index (χ0) is 12.0. The maximum absolute atomic E-state index is 10.7. The zero-order valence-electron chi connectivity index (χ0n) is 9.27. The first-order valence-corrected chi connectivity index (χ1v) is 4.88. The quantitative estimate of drug-likeness (QED) is 0.472. The van der Waals surface area contributed by atoms with Gasteiger partial charge in [0.05, 0.1) is 11.0 Å². The largest absolute Gasteiger partial charge is 0.489 e. The summed E-state index contributed by atoms with van der Waals surface area (Å²) in [5, 5.41) is 13.5. The Bertz CT molecular complexity index is 402. The first kappa shape index (κ1) is 12.0. The van der Waals surface area contributed by atoms with Gasteiger partial charge in [0.1, 0.15) is 12.4 Å². The van der Waals surface area contributed by atoms with Gasteiger partial charge in [0.25, 0.3) is 5.69 Å². The summed E-state index contributed by atoms with van der Waals surface area (Å²) >= 11 is 0. The van der Waals surface area contributed by atoms with Crippen molar-refractivity contribution in [2.24, 2.45) is 0 Å². The Morgan fingerprint density at radius 2 is 2.25 bits per heavy atom. The molecule has 0 saturated heterocycles. The average Bonchev–Trinajstić information content (AvgIpc) is 2.29. The molecule has 5 heteroatoms. The molecule has 0 atom stereocenters.